The zero-order valence-electron chi connectivity index (χ0n) is 12.7. The molecular formula is C16H24Cl2Ti2. The molecule has 0 amide bonds. The van der Waals surface area contributed by atoms with Gasteiger partial charge in [0.1, 0.15) is 0 Å². The van der Waals surface area contributed by atoms with E-state index in [9.17, 15) is 0 Å². The van der Waals surface area contributed by atoms with Gasteiger partial charge in [-0.15, -0.1) is 0 Å². The second kappa shape index (κ2) is 42.7. The van der Waals surface area contributed by atoms with Crippen LogP contribution < -0.4 is 24.8 Å². The van der Waals surface area contributed by atoms with Crippen molar-refractivity contribution < 1.29 is 68.2 Å². The minimum Gasteiger partial charge on any atom is -1.00 e. The van der Waals surface area contributed by atoms with E-state index in [1.54, 1.807) is 0 Å². The molecule has 0 aliphatic carbocycles. The monoisotopic (exact) mass is 382 g/mol. The number of hydrogen-bond donors (Lipinski definition) is 0. The summed E-state index contributed by atoms with van der Waals surface area (Å²) in [6, 6.07) is 20.0. The van der Waals surface area contributed by atoms with Gasteiger partial charge in [0.15, 0.2) is 0 Å². The Labute approximate surface area is 168 Å². The van der Waals surface area contributed by atoms with Crippen molar-refractivity contribution in [3.8, 4) is 0 Å². The normalized spacial score (nSPS) is 5.80. The summed E-state index contributed by atoms with van der Waals surface area (Å²) in [6.45, 7) is 8.00. The molecule has 20 heavy (non-hydrogen) atoms. The van der Waals surface area contributed by atoms with Crippen LogP contribution in [0.3, 0.4) is 0 Å². The van der Waals surface area contributed by atoms with Crippen LogP contribution >= 0.6 is 0 Å². The summed E-state index contributed by atoms with van der Waals surface area (Å²) in [5, 5.41) is 0. The first-order chi connectivity index (χ1) is 7.83. The molecule has 2 aromatic rings. The maximum absolute atomic E-state index is 2.00. The van der Waals surface area contributed by atoms with Crippen LogP contribution in [-0.2, 0) is 43.4 Å². The van der Waals surface area contributed by atoms with E-state index in [2.05, 4.69) is 0 Å². The van der Waals surface area contributed by atoms with Gasteiger partial charge in [0.2, 0.25) is 0 Å². The summed E-state index contributed by atoms with van der Waals surface area (Å²) in [5.41, 5.74) is 0. The molecule has 0 fully saturated rings. The van der Waals surface area contributed by atoms with Crippen LogP contribution in [0.2, 0.25) is 0 Å². The minimum absolute atomic E-state index is 0. The van der Waals surface area contributed by atoms with E-state index in [-0.39, 0.29) is 68.2 Å². The van der Waals surface area contributed by atoms with Crippen molar-refractivity contribution in [3.05, 3.63) is 73.5 Å². The Balaban J connectivity index is -0.0000000316. The predicted octanol–water partition coefficient (Wildman–Crippen LogP) is -0.725. The molecule has 4 heteroatoms. The molecule has 2 radical (unpaired) electrons. The van der Waals surface area contributed by atoms with Crippen molar-refractivity contribution in [1.29, 1.82) is 0 Å². The van der Waals surface area contributed by atoms with Crippen LogP contribution in [-0.4, -0.2) is 0 Å². The topological polar surface area (TPSA) is 0 Å². The number of halogens is 2. The van der Waals surface area contributed by atoms with Crippen LogP contribution in [0.1, 0.15) is 27.7 Å². The second-order valence-corrected chi connectivity index (χ2v) is 3.08. The average molecular weight is 383 g/mol. The molecule has 0 N–H and O–H groups in total. The van der Waals surface area contributed by atoms with Gasteiger partial charge in [0, 0.05) is 0 Å². The largest absolute Gasteiger partial charge is 3.00 e. The van der Waals surface area contributed by atoms with Crippen LogP contribution in [0.5, 0.6) is 0 Å². The predicted molar refractivity (Wildman–Crippen MR) is 75.4 cm³/mol. The molecule has 0 saturated carbocycles. The molecule has 0 aliphatic rings. The molecule has 0 heterocycles. The number of hydrogen-bond acceptors (Lipinski definition) is 0. The fraction of sp³-hybridized carbons (Fsp3) is 0.250. The van der Waals surface area contributed by atoms with E-state index in [4.69, 9.17) is 0 Å². The van der Waals surface area contributed by atoms with Gasteiger partial charge >= 0.3 is 43.4 Å². The quantitative estimate of drug-likeness (QED) is 0.416. The van der Waals surface area contributed by atoms with Crippen LogP contribution in [0, 0.1) is 12.8 Å². The van der Waals surface area contributed by atoms with Crippen molar-refractivity contribution in [2.24, 2.45) is 0 Å². The molecule has 2 aromatic carbocycles. The summed E-state index contributed by atoms with van der Waals surface area (Å²) in [4.78, 5) is 0. The third-order valence-electron chi connectivity index (χ3n) is 1.11. The Morgan fingerprint density at radius 1 is 0.550 bits per heavy atom. The van der Waals surface area contributed by atoms with Crippen molar-refractivity contribution in [2.75, 3.05) is 0 Å². The Bertz CT molecular complexity index is 181. The van der Waals surface area contributed by atoms with Crippen molar-refractivity contribution in [1.82, 2.24) is 0 Å². The van der Waals surface area contributed by atoms with Gasteiger partial charge in [-0.25, -0.2) is 24.3 Å². The molecule has 2 rings (SSSR count). The summed E-state index contributed by atoms with van der Waals surface area (Å²) < 4.78 is 0. The van der Waals surface area contributed by atoms with E-state index in [0.717, 1.165) is 0 Å². The molecule has 0 bridgehead atoms. The Morgan fingerprint density at radius 3 is 0.750 bits per heavy atom. The first-order valence-corrected chi connectivity index (χ1v) is 5.64. The van der Waals surface area contributed by atoms with Gasteiger partial charge in [-0.05, 0) is 0 Å². The molecule has 0 saturated heterocycles. The zero-order chi connectivity index (χ0) is 12.5. The van der Waals surface area contributed by atoms with Gasteiger partial charge in [-0.3, -0.25) is 0 Å². The van der Waals surface area contributed by atoms with Gasteiger partial charge in [0.25, 0.3) is 0 Å². The van der Waals surface area contributed by atoms with E-state index >= 15 is 0 Å². The van der Waals surface area contributed by atoms with Crippen LogP contribution in [0.25, 0.3) is 0 Å². The average Bonchev–Trinajstić information content (AvgIpc) is 3.00. The van der Waals surface area contributed by atoms with Gasteiger partial charge in [-0.2, -0.15) is 64.1 Å². The summed E-state index contributed by atoms with van der Waals surface area (Å²) in [5.74, 6) is 0. The molecule has 0 nitrogen and oxygen atoms in total. The number of rotatable bonds is 0. The van der Waals surface area contributed by atoms with Crippen LogP contribution in [0.15, 0.2) is 60.7 Å². The van der Waals surface area contributed by atoms with E-state index in [1.807, 2.05) is 101 Å². The fourth-order valence-electron chi connectivity index (χ4n) is 0.642. The van der Waals surface area contributed by atoms with E-state index < -0.39 is 0 Å². The fourth-order valence-corrected chi connectivity index (χ4v) is 0.642. The Morgan fingerprint density at radius 2 is 0.700 bits per heavy atom. The summed E-state index contributed by atoms with van der Waals surface area (Å²) >= 11 is 0. The Kier molecular flexibility index (Phi) is 79.4. The van der Waals surface area contributed by atoms with Crippen molar-refractivity contribution >= 4 is 0 Å². The molecule has 0 aromatic heterocycles. The maximum atomic E-state index is 2.00. The van der Waals surface area contributed by atoms with E-state index in [0.29, 0.717) is 0 Å². The smallest absolute Gasteiger partial charge is 1.00 e. The molecule has 0 unspecified atom stereocenters. The third-order valence-corrected chi connectivity index (χ3v) is 1.11. The van der Waals surface area contributed by atoms with Gasteiger partial charge < -0.3 is 37.7 Å². The first kappa shape index (κ1) is 37.2. The first-order valence-electron chi connectivity index (χ1n) is 5.64. The molecule has 0 spiro atoms. The molecular weight excluding hydrogens is 359 g/mol. The second-order valence-electron chi connectivity index (χ2n) is 3.08. The van der Waals surface area contributed by atoms with Crippen molar-refractivity contribution in [3.63, 3.8) is 0 Å². The van der Waals surface area contributed by atoms with Gasteiger partial charge in [0.05, 0.1) is 0 Å². The zero-order valence-corrected chi connectivity index (χ0v) is 17.3. The molecule has 110 valence electrons. The summed E-state index contributed by atoms with van der Waals surface area (Å²) in [7, 11) is 0. The molecule has 0 aliphatic heterocycles. The SMILES string of the molecule is C[CH-]C.C[CH-]C.[Cl-].[Cl-].[Ti+3].[Ti+3].c1cc[cH-]c1.c1cc[cH-]c1. The van der Waals surface area contributed by atoms with Crippen LogP contribution in [0.4, 0.5) is 0 Å². The standard InChI is InChI=1S/2C5H5.2C3H7.2ClH.2Ti/c2*1-2-4-5-3-1;2*1-3-2;;;;/h2*1-5H;2*3H,1-2H3;2*1H;;/q4*-1;;;2*+3/p-2. The molecule has 0 atom stereocenters. The van der Waals surface area contributed by atoms with E-state index in [1.165, 1.54) is 0 Å². The third kappa shape index (κ3) is 51.2. The summed E-state index contributed by atoms with van der Waals surface area (Å²) in [6.07, 6.45) is 4.00. The van der Waals surface area contributed by atoms with Crippen molar-refractivity contribution in [2.45, 2.75) is 27.7 Å². The Hall–Kier alpha value is 0.709. The maximum Gasteiger partial charge on any atom is 3.00 e. The minimum atomic E-state index is 0. The van der Waals surface area contributed by atoms with Gasteiger partial charge in [-0.1, -0.05) is 0 Å².